The van der Waals surface area contributed by atoms with E-state index >= 15 is 0 Å². The maximum absolute atomic E-state index is 11.3. The van der Waals surface area contributed by atoms with Crippen LogP contribution in [0.15, 0.2) is 36.4 Å². The zero-order chi connectivity index (χ0) is 18.5. The lowest BCUT2D eigenvalue weighted by molar-refractivity contribution is 0.155. The summed E-state index contributed by atoms with van der Waals surface area (Å²) in [6.45, 7) is 1.10. The highest BCUT2D eigenvalue weighted by atomic mass is 16.4. The standard InChI is InChI=1S/C20H20N4O3/c25-19-4-2-1-3-14(19)15-9-18-16(22-21-15)10-17(24(18)13-5-6-13)12-7-8-23(11-12)20(26)27/h1-4,9-10,12-13,25H,5-8,11H2,(H,26,27)/t12-/m0/s1. The smallest absolute Gasteiger partial charge is 0.407 e. The second kappa shape index (κ2) is 5.97. The quantitative estimate of drug-likeness (QED) is 0.741. The van der Waals surface area contributed by atoms with Crippen LogP contribution < -0.4 is 0 Å². The van der Waals surface area contributed by atoms with Gasteiger partial charge in [-0.1, -0.05) is 12.1 Å². The lowest BCUT2D eigenvalue weighted by Crippen LogP contribution is -2.26. The molecule has 0 radical (unpaired) electrons. The van der Waals surface area contributed by atoms with Crippen molar-refractivity contribution in [3.63, 3.8) is 0 Å². The van der Waals surface area contributed by atoms with Crippen molar-refractivity contribution in [2.24, 2.45) is 0 Å². The topological polar surface area (TPSA) is 91.5 Å². The van der Waals surface area contributed by atoms with E-state index < -0.39 is 6.09 Å². The summed E-state index contributed by atoms with van der Waals surface area (Å²) in [6.07, 6.45) is 2.23. The molecule has 1 aliphatic carbocycles. The Kier molecular flexibility index (Phi) is 3.56. The van der Waals surface area contributed by atoms with Crippen molar-refractivity contribution in [2.75, 3.05) is 13.1 Å². The summed E-state index contributed by atoms with van der Waals surface area (Å²) >= 11 is 0. The largest absolute Gasteiger partial charge is 0.507 e. The Morgan fingerprint density at radius 3 is 2.63 bits per heavy atom. The van der Waals surface area contributed by atoms with Crippen LogP contribution in [0.25, 0.3) is 22.3 Å². The molecular weight excluding hydrogens is 344 g/mol. The summed E-state index contributed by atoms with van der Waals surface area (Å²) in [4.78, 5) is 12.8. The highest BCUT2D eigenvalue weighted by Gasteiger charge is 2.34. The number of phenolic OH excluding ortho intramolecular Hbond substituents is 1. The molecule has 2 N–H and O–H groups in total. The van der Waals surface area contributed by atoms with Crippen LogP contribution in [-0.2, 0) is 0 Å². The maximum atomic E-state index is 11.3. The molecule has 138 valence electrons. The average molecular weight is 364 g/mol. The van der Waals surface area contributed by atoms with Crippen molar-refractivity contribution in [3.8, 4) is 17.0 Å². The van der Waals surface area contributed by atoms with Crippen LogP contribution in [0.3, 0.4) is 0 Å². The fourth-order valence-corrected chi connectivity index (χ4v) is 4.09. The number of rotatable bonds is 3. The van der Waals surface area contributed by atoms with Crippen LogP contribution in [0.4, 0.5) is 4.79 Å². The molecule has 1 atom stereocenters. The van der Waals surface area contributed by atoms with E-state index in [-0.39, 0.29) is 11.7 Å². The van der Waals surface area contributed by atoms with Crippen LogP contribution in [0, 0.1) is 0 Å². The van der Waals surface area contributed by atoms with Crippen LogP contribution >= 0.6 is 0 Å². The Bertz CT molecular complexity index is 1040. The van der Waals surface area contributed by atoms with Crippen molar-refractivity contribution >= 4 is 17.1 Å². The average Bonchev–Trinajstić information content (AvgIpc) is 3.24. The molecule has 0 spiro atoms. The monoisotopic (exact) mass is 364 g/mol. The fourth-order valence-electron chi connectivity index (χ4n) is 4.09. The van der Waals surface area contributed by atoms with Gasteiger partial charge in [-0.05, 0) is 43.5 Å². The van der Waals surface area contributed by atoms with Crippen molar-refractivity contribution in [1.29, 1.82) is 0 Å². The van der Waals surface area contributed by atoms with E-state index in [4.69, 9.17) is 0 Å². The third-order valence-electron chi connectivity index (χ3n) is 5.59. The molecule has 2 aliphatic rings. The number of aromatic hydroxyl groups is 1. The van der Waals surface area contributed by atoms with Crippen LogP contribution in [0.2, 0.25) is 0 Å². The molecule has 3 heterocycles. The number of hydrogen-bond donors (Lipinski definition) is 2. The van der Waals surface area contributed by atoms with Crippen molar-refractivity contribution in [1.82, 2.24) is 19.7 Å². The first kappa shape index (κ1) is 16.1. The Morgan fingerprint density at radius 1 is 1.11 bits per heavy atom. The molecule has 1 saturated carbocycles. The third kappa shape index (κ3) is 2.70. The van der Waals surface area contributed by atoms with Gasteiger partial charge in [0.2, 0.25) is 0 Å². The molecule has 5 rings (SSSR count). The second-order valence-corrected chi connectivity index (χ2v) is 7.40. The number of benzene rings is 1. The van der Waals surface area contributed by atoms with Gasteiger partial charge in [0.1, 0.15) is 11.3 Å². The molecule has 1 amide bonds. The Balaban J connectivity index is 1.61. The number of hydrogen-bond acceptors (Lipinski definition) is 4. The van der Waals surface area contributed by atoms with Crippen molar-refractivity contribution < 1.29 is 15.0 Å². The number of para-hydroxylation sites is 1. The molecule has 27 heavy (non-hydrogen) atoms. The molecule has 7 nitrogen and oxygen atoms in total. The summed E-state index contributed by atoms with van der Waals surface area (Å²) in [5, 5.41) is 28.1. The normalized spacial score (nSPS) is 19.7. The number of aromatic nitrogens is 3. The Morgan fingerprint density at radius 2 is 1.93 bits per heavy atom. The van der Waals surface area contributed by atoms with E-state index in [1.54, 1.807) is 12.1 Å². The van der Waals surface area contributed by atoms with Crippen LogP contribution in [0.1, 0.15) is 36.9 Å². The number of likely N-dealkylation sites (tertiary alicyclic amines) is 1. The lowest BCUT2D eigenvalue weighted by Gasteiger charge is -2.16. The predicted molar refractivity (Wildman–Crippen MR) is 99.9 cm³/mol. The first-order valence-electron chi connectivity index (χ1n) is 9.26. The van der Waals surface area contributed by atoms with Gasteiger partial charge in [0.25, 0.3) is 0 Å². The van der Waals surface area contributed by atoms with Gasteiger partial charge in [-0.15, -0.1) is 10.2 Å². The van der Waals surface area contributed by atoms with Crippen LogP contribution in [0.5, 0.6) is 5.75 Å². The molecule has 2 aromatic heterocycles. The van der Waals surface area contributed by atoms with Gasteiger partial charge in [-0.3, -0.25) is 0 Å². The van der Waals surface area contributed by atoms with E-state index in [0.717, 1.165) is 36.0 Å². The summed E-state index contributed by atoms with van der Waals surface area (Å²) in [6, 6.07) is 11.6. The van der Waals surface area contributed by atoms with Gasteiger partial charge in [-0.2, -0.15) is 0 Å². The first-order chi connectivity index (χ1) is 13.1. The molecule has 1 aromatic carbocycles. The molecule has 0 bridgehead atoms. The van der Waals surface area contributed by atoms with Gasteiger partial charge in [0.15, 0.2) is 0 Å². The maximum Gasteiger partial charge on any atom is 0.407 e. The van der Waals surface area contributed by atoms with E-state index in [9.17, 15) is 15.0 Å². The summed E-state index contributed by atoms with van der Waals surface area (Å²) in [5.74, 6) is 0.369. The van der Waals surface area contributed by atoms with E-state index in [0.29, 0.717) is 30.4 Å². The van der Waals surface area contributed by atoms with E-state index in [1.165, 1.54) is 4.90 Å². The van der Waals surface area contributed by atoms with Crippen molar-refractivity contribution in [3.05, 3.63) is 42.1 Å². The van der Waals surface area contributed by atoms with E-state index in [1.807, 2.05) is 18.2 Å². The summed E-state index contributed by atoms with van der Waals surface area (Å²) < 4.78 is 2.32. The number of carboxylic acid groups (broad SMARTS) is 1. The molecule has 3 aromatic rings. The Hall–Kier alpha value is -3.09. The minimum Gasteiger partial charge on any atom is -0.507 e. The fraction of sp³-hybridized carbons (Fsp3) is 0.350. The number of nitrogens with zero attached hydrogens (tertiary/aromatic N) is 4. The predicted octanol–water partition coefficient (Wildman–Crippen LogP) is 3.61. The molecule has 1 saturated heterocycles. The first-order valence-corrected chi connectivity index (χ1v) is 9.26. The summed E-state index contributed by atoms with van der Waals surface area (Å²) in [7, 11) is 0. The van der Waals surface area contributed by atoms with Crippen molar-refractivity contribution in [2.45, 2.75) is 31.2 Å². The molecule has 1 aliphatic heterocycles. The van der Waals surface area contributed by atoms with Gasteiger partial charge in [-0.25, -0.2) is 4.79 Å². The second-order valence-electron chi connectivity index (χ2n) is 7.40. The van der Waals surface area contributed by atoms with Gasteiger partial charge in [0, 0.05) is 36.3 Å². The third-order valence-corrected chi connectivity index (χ3v) is 5.59. The highest BCUT2D eigenvalue weighted by molar-refractivity contribution is 5.82. The number of carbonyl (C=O) groups is 1. The molecule has 7 heteroatoms. The molecule has 2 fully saturated rings. The Labute approximate surface area is 155 Å². The number of phenols is 1. The van der Waals surface area contributed by atoms with Gasteiger partial charge in [0.05, 0.1) is 11.2 Å². The number of fused-ring (bicyclic) bond motifs is 1. The zero-order valence-electron chi connectivity index (χ0n) is 14.7. The SMILES string of the molecule is O=C(O)N1CC[C@H](c2cc3nnc(-c4ccccc4O)cc3n2C2CC2)C1. The summed E-state index contributed by atoms with van der Waals surface area (Å²) in [5.41, 5.74) is 4.29. The lowest BCUT2D eigenvalue weighted by atomic mass is 10.1. The van der Waals surface area contributed by atoms with Crippen LogP contribution in [-0.4, -0.2) is 49.1 Å². The number of amides is 1. The highest BCUT2D eigenvalue weighted by Crippen LogP contribution is 2.43. The van der Waals surface area contributed by atoms with Gasteiger partial charge < -0.3 is 19.7 Å². The zero-order valence-corrected chi connectivity index (χ0v) is 14.7. The molecule has 0 unspecified atom stereocenters. The minimum atomic E-state index is -0.854. The van der Waals surface area contributed by atoms with Gasteiger partial charge >= 0.3 is 6.09 Å². The van der Waals surface area contributed by atoms with E-state index in [2.05, 4.69) is 20.8 Å². The molecular formula is C20H20N4O3. The minimum absolute atomic E-state index is 0.184.